The summed E-state index contributed by atoms with van der Waals surface area (Å²) in [6.07, 6.45) is 4.26. The second-order valence-electron chi connectivity index (χ2n) is 16.7. The van der Waals surface area contributed by atoms with E-state index in [-0.39, 0.29) is 66.2 Å². The quantitative estimate of drug-likeness (QED) is 0.360. The average Bonchev–Trinajstić information content (AvgIpc) is 4.07. The summed E-state index contributed by atoms with van der Waals surface area (Å²) in [4.78, 5) is 61.9. The normalized spacial score (nSPS) is 28.4. The first-order valence-electron chi connectivity index (χ1n) is 20.5. The molecule has 6 heterocycles. The van der Waals surface area contributed by atoms with E-state index in [2.05, 4.69) is 12.1 Å². The zero-order valence-corrected chi connectivity index (χ0v) is 33.3. The number of carbonyl (C=O) groups is 4. The van der Waals surface area contributed by atoms with Crippen LogP contribution >= 0.6 is 0 Å². The van der Waals surface area contributed by atoms with Gasteiger partial charge in [0.25, 0.3) is 0 Å². The summed E-state index contributed by atoms with van der Waals surface area (Å²) in [6, 6.07) is 10.2. The number of hydrogen-bond donors (Lipinski definition) is 2. The Morgan fingerprint density at radius 1 is 0.712 bits per heavy atom. The number of nitrogens with two attached hydrogens (primary N) is 2. The minimum absolute atomic E-state index is 0.00809. The van der Waals surface area contributed by atoms with Crippen LogP contribution in [0.4, 0.5) is 13.2 Å². The number of carbonyl (C=O) groups excluding carboxylic acids is 4. The van der Waals surface area contributed by atoms with Crippen LogP contribution in [0.15, 0.2) is 42.5 Å². The van der Waals surface area contributed by atoms with Gasteiger partial charge in [-0.1, -0.05) is 12.1 Å². The van der Waals surface area contributed by atoms with Crippen LogP contribution in [0, 0.1) is 40.1 Å². The van der Waals surface area contributed by atoms with Gasteiger partial charge in [0.2, 0.25) is 23.6 Å². The van der Waals surface area contributed by atoms with E-state index >= 15 is 0 Å². The van der Waals surface area contributed by atoms with Gasteiger partial charge >= 0.3 is 0 Å². The van der Waals surface area contributed by atoms with Crippen LogP contribution in [0.2, 0.25) is 0 Å². The number of halogens is 3. The summed E-state index contributed by atoms with van der Waals surface area (Å²) in [6.45, 7) is 6.55. The molecule has 17 heteroatoms. The summed E-state index contributed by atoms with van der Waals surface area (Å²) in [5.74, 6) is -2.22. The van der Waals surface area contributed by atoms with E-state index in [1.165, 1.54) is 29.2 Å². The highest BCUT2D eigenvalue weighted by molar-refractivity contribution is 5.88. The van der Waals surface area contributed by atoms with E-state index in [4.69, 9.17) is 11.5 Å². The highest BCUT2D eigenvalue weighted by atomic mass is 19.1. The Hall–Kier alpha value is -5.07. The van der Waals surface area contributed by atoms with E-state index in [0.29, 0.717) is 64.0 Å². The molecule has 2 aromatic rings. The van der Waals surface area contributed by atoms with Crippen molar-refractivity contribution in [2.24, 2.45) is 11.5 Å². The van der Waals surface area contributed by atoms with Crippen molar-refractivity contribution < 1.29 is 32.3 Å². The van der Waals surface area contributed by atoms with Gasteiger partial charge in [0.1, 0.15) is 29.5 Å². The fraction of sp³-hybridized carbons (Fsp3) is 0.571. The van der Waals surface area contributed by atoms with Crippen LogP contribution < -0.4 is 11.5 Å². The lowest BCUT2D eigenvalue weighted by molar-refractivity contribution is -0.141. The Labute approximate surface area is 342 Å². The molecule has 4 N–H and O–H groups in total. The van der Waals surface area contributed by atoms with Gasteiger partial charge in [-0.3, -0.25) is 29.0 Å². The van der Waals surface area contributed by atoms with Crippen molar-refractivity contribution in [3.05, 3.63) is 71.0 Å². The van der Waals surface area contributed by atoms with E-state index in [1.807, 2.05) is 27.7 Å². The number of nitrogens with zero attached hydrogens (tertiary/aromatic N) is 8. The second kappa shape index (κ2) is 17.3. The molecule has 4 bridgehead atoms. The molecule has 4 amide bonds. The maximum Gasteiger partial charge on any atom is 0.241 e. The number of amides is 4. The fourth-order valence-corrected chi connectivity index (χ4v) is 10.1. The summed E-state index contributed by atoms with van der Waals surface area (Å²) in [5.41, 5.74) is 13.5. The Morgan fingerprint density at radius 2 is 1.15 bits per heavy atom. The zero-order chi connectivity index (χ0) is 42.3. The number of benzene rings is 2. The fourth-order valence-electron chi connectivity index (χ4n) is 10.1. The summed E-state index contributed by atoms with van der Waals surface area (Å²) in [7, 11) is 0. The molecule has 0 unspecified atom stereocenters. The molecular formula is C42H51F3N10O4. The van der Waals surface area contributed by atoms with Gasteiger partial charge in [-0.05, 0) is 87.8 Å². The van der Waals surface area contributed by atoms with Crippen LogP contribution in [0.1, 0.15) is 75.6 Å². The van der Waals surface area contributed by atoms with E-state index in [1.54, 1.807) is 22.8 Å². The van der Waals surface area contributed by atoms with Crippen LogP contribution in [0.3, 0.4) is 0 Å². The SMILES string of the molecule is C[C@H](c1cc(F)cc(F)c1)N1C(=O)[C@@H]2C[C@H]1CN2C[C@H](N)C(=O)N1CCC[C@H]1C#N.C[C@H](c1cccc(F)c1)N1C(=O)[C@@H]2C[C@H]1CN2C[C@H](N)C(=O)N1CCC[C@H]1C#N. The molecule has 14 nitrogen and oxygen atoms in total. The van der Waals surface area contributed by atoms with Gasteiger partial charge in [0.05, 0.1) is 48.4 Å². The maximum absolute atomic E-state index is 13.6. The summed E-state index contributed by atoms with van der Waals surface area (Å²) >= 11 is 0. The second-order valence-corrected chi connectivity index (χ2v) is 16.7. The monoisotopic (exact) mass is 816 g/mol. The molecule has 8 rings (SSSR count). The molecule has 6 aliphatic rings. The number of fused-ring (bicyclic) bond motifs is 4. The number of rotatable bonds is 10. The molecule has 0 spiro atoms. The largest absolute Gasteiger partial charge is 0.330 e. The molecule has 0 radical (unpaired) electrons. The molecular weight excluding hydrogens is 766 g/mol. The zero-order valence-electron chi connectivity index (χ0n) is 33.3. The van der Waals surface area contributed by atoms with E-state index < -0.39 is 41.8 Å². The van der Waals surface area contributed by atoms with Crippen molar-refractivity contribution in [3.63, 3.8) is 0 Å². The average molecular weight is 817 g/mol. The van der Waals surface area contributed by atoms with Crippen molar-refractivity contribution in [1.29, 1.82) is 10.5 Å². The number of likely N-dealkylation sites (tertiary alicyclic amines) is 6. The molecule has 0 aromatic heterocycles. The molecule has 59 heavy (non-hydrogen) atoms. The maximum atomic E-state index is 13.6. The lowest BCUT2D eigenvalue weighted by Crippen LogP contribution is -2.56. The predicted octanol–water partition coefficient (Wildman–Crippen LogP) is 2.17. The first-order valence-corrected chi connectivity index (χ1v) is 20.5. The summed E-state index contributed by atoms with van der Waals surface area (Å²) < 4.78 is 40.8. The van der Waals surface area contributed by atoms with E-state index in [0.717, 1.165) is 24.5 Å². The highest BCUT2D eigenvalue weighted by Gasteiger charge is 2.53. The predicted molar refractivity (Wildman–Crippen MR) is 207 cm³/mol. The molecule has 0 saturated carbocycles. The first kappa shape index (κ1) is 42.1. The Kier molecular flexibility index (Phi) is 12.3. The molecule has 10 atom stereocenters. The molecule has 2 aromatic carbocycles. The molecule has 6 fully saturated rings. The van der Waals surface area contributed by atoms with E-state index in [9.17, 15) is 42.9 Å². The third kappa shape index (κ3) is 8.26. The van der Waals surface area contributed by atoms with Gasteiger partial charge in [0, 0.05) is 57.4 Å². The van der Waals surface area contributed by atoms with Crippen LogP contribution in [0.5, 0.6) is 0 Å². The molecule has 314 valence electrons. The van der Waals surface area contributed by atoms with Crippen molar-refractivity contribution in [2.75, 3.05) is 39.3 Å². The molecule has 0 aliphatic carbocycles. The lowest BCUT2D eigenvalue weighted by Gasteiger charge is -2.38. The third-order valence-electron chi connectivity index (χ3n) is 13.0. The third-order valence-corrected chi connectivity index (χ3v) is 13.0. The first-order chi connectivity index (χ1) is 28.2. The minimum Gasteiger partial charge on any atom is -0.330 e. The van der Waals surface area contributed by atoms with Crippen molar-refractivity contribution >= 4 is 23.6 Å². The standard InChI is InChI=1S/C21H25F2N5O2.C21H26FN5O2/c1-12(13-5-14(22)7-15(23)6-13)28-17-8-19(21(28)30)26(10-17)11-18(25)20(29)27-4-2-3-16(27)9-24;1-13(14-4-2-5-15(22)8-14)27-17-9-19(21(27)29)25(11-17)12-18(24)20(28)26-7-3-6-16(26)10-23/h5-7,12,16-19H,2-4,8,10-11,25H2,1H3;2,4-5,8,13,16-19H,3,6-7,9,11-12,24H2,1H3/t12-,16+,17+,18+,19+;13-,16+,17+,18+,19+/m11/s1. The van der Waals surface area contributed by atoms with Crippen molar-refractivity contribution in [3.8, 4) is 12.1 Å². The number of nitriles is 2. The highest BCUT2D eigenvalue weighted by Crippen LogP contribution is 2.39. The Bertz CT molecular complexity index is 2020. The van der Waals surface area contributed by atoms with Crippen LogP contribution in [-0.4, -0.2) is 141 Å². The topological polar surface area (TPSA) is 187 Å². The number of hydrogen-bond acceptors (Lipinski definition) is 10. The summed E-state index contributed by atoms with van der Waals surface area (Å²) in [5, 5.41) is 18.4. The van der Waals surface area contributed by atoms with Gasteiger partial charge in [-0.2, -0.15) is 10.5 Å². The molecule has 6 aliphatic heterocycles. The van der Waals surface area contributed by atoms with Crippen LogP contribution in [0.25, 0.3) is 0 Å². The van der Waals surface area contributed by atoms with Gasteiger partial charge in [-0.15, -0.1) is 0 Å². The lowest BCUT2D eigenvalue weighted by atomic mass is 10.0. The smallest absolute Gasteiger partial charge is 0.241 e. The van der Waals surface area contributed by atoms with Gasteiger partial charge in [0.15, 0.2) is 0 Å². The van der Waals surface area contributed by atoms with Gasteiger partial charge < -0.3 is 31.1 Å². The van der Waals surface area contributed by atoms with Crippen LogP contribution in [-0.2, 0) is 19.2 Å². The molecule has 6 saturated heterocycles. The van der Waals surface area contributed by atoms with Gasteiger partial charge in [-0.25, -0.2) is 13.2 Å². The number of piperazine rings is 2. The van der Waals surface area contributed by atoms with Crippen molar-refractivity contribution in [1.82, 2.24) is 29.4 Å². The minimum atomic E-state index is -0.797. The van der Waals surface area contributed by atoms with Crippen molar-refractivity contribution in [2.45, 2.75) is 113 Å². The Morgan fingerprint density at radius 3 is 1.58 bits per heavy atom. The Balaban J connectivity index is 0.000000179.